The SMILES string of the molecule is CC(C#N)CN(C)c1cc2c(cc1N)OCCO2. The number of hydrogen-bond acceptors (Lipinski definition) is 5. The molecular formula is C13H17N3O2. The summed E-state index contributed by atoms with van der Waals surface area (Å²) in [5.74, 6) is 1.34. The maximum atomic E-state index is 8.84. The number of nitriles is 1. The number of rotatable bonds is 3. The maximum absolute atomic E-state index is 8.84. The van der Waals surface area contributed by atoms with Gasteiger partial charge in [0.05, 0.1) is 23.4 Å². The Morgan fingerprint density at radius 1 is 1.39 bits per heavy atom. The molecule has 96 valence electrons. The third kappa shape index (κ3) is 2.43. The van der Waals surface area contributed by atoms with Crippen molar-refractivity contribution >= 4 is 11.4 Å². The van der Waals surface area contributed by atoms with Crippen molar-refractivity contribution in [1.29, 1.82) is 5.26 Å². The summed E-state index contributed by atoms with van der Waals surface area (Å²) in [5, 5.41) is 8.84. The fourth-order valence-corrected chi connectivity index (χ4v) is 1.97. The molecule has 0 radical (unpaired) electrons. The van der Waals surface area contributed by atoms with E-state index >= 15 is 0 Å². The lowest BCUT2D eigenvalue weighted by molar-refractivity contribution is 0.172. The van der Waals surface area contributed by atoms with Gasteiger partial charge in [0.25, 0.3) is 0 Å². The van der Waals surface area contributed by atoms with Crippen LogP contribution in [0.25, 0.3) is 0 Å². The highest BCUT2D eigenvalue weighted by molar-refractivity contribution is 5.73. The quantitative estimate of drug-likeness (QED) is 0.822. The summed E-state index contributed by atoms with van der Waals surface area (Å²) in [6, 6.07) is 5.85. The van der Waals surface area contributed by atoms with Gasteiger partial charge in [0.2, 0.25) is 0 Å². The van der Waals surface area contributed by atoms with Crippen LogP contribution in [0.2, 0.25) is 0 Å². The molecule has 0 bridgehead atoms. The van der Waals surface area contributed by atoms with Crippen LogP contribution in [0.4, 0.5) is 11.4 Å². The minimum absolute atomic E-state index is 0.0531. The standard InChI is InChI=1S/C13H17N3O2/c1-9(7-14)8-16(2)11-6-13-12(5-10(11)15)17-3-4-18-13/h5-6,9H,3-4,8,15H2,1-2H3. The Hall–Kier alpha value is -2.09. The van der Waals surface area contributed by atoms with Gasteiger partial charge in [0.15, 0.2) is 11.5 Å². The minimum Gasteiger partial charge on any atom is -0.486 e. The van der Waals surface area contributed by atoms with Crippen LogP contribution in [0.1, 0.15) is 6.92 Å². The molecule has 0 spiro atoms. The summed E-state index contributed by atoms with van der Waals surface area (Å²) in [7, 11) is 1.91. The predicted molar refractivity (Wildman–Crippen MR) is 69.9 cm³/mol. The summed E-state index contributed by atoms with van der Waals surface area (Å²) in [4.78, 5) is 1.96. The molecule has 1 aromatic rings. The first-order chi connectivity index (χ1) is 8.61. The van der Waals surface area contributed by atoms with E-state index in [0.29, 0.717) is 36.9 Å². The van der Waals surface area contributed by atoms with E-state index < -0.39 is 0 Å². The van der Waals surface area contributed by atoms with Gasteiger partial charge in [-0.2, -0.15) is 5.26 Å². The lowest BCUT2D eigenvalue weighted by atomic mass is 10.1. The number of anilines is 2. The fraction of sp³-hybridized carbons (Fsp3) is 0.462. The van der Waals surface area contributed by atoms with Crippen molar-refractivity contribution in [1.82, 2.24) is 0 Å². The zero-order chi connectivity index (χ0) is 13.1. The van der Waals surface area contributed by atoms with E-state index in [1.165, 1.54) is 0 Å². The van der Waals surface area contributed by atoms with Gasteiger partial charge >= 0.3 is 0 Å². The van der Waals surface area contributed by atoms with Crippen molar-refractivity contribution in [3.05, 3.63) is 12.1 Å². The first kappa shape index (κ1) is 12.4. The molecule has 0 fully saturated rings. The molecule has 18 heavy (non-hydrogen) atoms. The Morgan fingerprint density at radius 3 is 2.61 bits per heavy atom. The Kier molecular flexibility index (Phi) is 3.47. The molecule has 5 nitrogen and oxygen atoms in total. The third-order valence-electron chi connectivity index (χ3n) is 2.87. The second-order valence-corrected chi connectivity index (χ2v) is 4.47. The highest BCUT2D eigenvalue weighted by Gasteiger charge is 2.17. The number of nitrogen functional groups attached to an aromatic ring is 1. The van der Waals surface area contributed by atoms with Crippen molar-refractivity contribution in [3.8, 4) is 17.6 Å². The monoisotopic (exact) mass is 247 g/mol. The van der Waals surface area contributed by atoms with Crippen LogP contribution < -0.4 is 20.1 Å². The molecule has 1 atom stereocenters. The molecule has 0 aromatic heterocycles. The van der Waals surface area contributed by atoms with Crippen LogP contribution in [0, 0.1) is 17.2 Å². The Balaban J connectivity index is 2.25. The summed E-state index contributed by atoms with van der Waals surface area (Å²) in [6.45, 7) is 3.60. The summed E-state index contributed by atoms with van der Waals surface area (Å²) < 4.78 is 11.0. The van der Waals surface area contributed by atoms with E-state index in [1.807, 2.05) is 24.9 Å². The van der Waals surface area contributed by atoms with Gasteiger partial charge < -0.3 is 20.1 Å². The van der Waals surface area contributed by atoms with Crippen molar-refractivity contribution < 1.29 is 9.47 Å². The lowest BCUT2D eigenvalue weighted by Crippen LogP contribution is -2.24. The van der Waals surface area contributed by atoms with E-state index in [-0.39, 0.29) is 5.92 Å². The van der Waals surface area contributed by atoms with E-state index in [2.05, 4.69) is 6.07 Å². The Morgan fingerprint density at radius 2 is 2.00 bits per heavy atom. The van der Waals surface area contributed by atoms with E-state index in [9.17, 15) is 0 Å². The summed E-state index contributed by atoms with van der Waals surface area (Å²) >= 11 is 0. The highest BCUT2D eigenvalue weighted by Crippen LogP contribution is 2.38. The van der Waals surface area contributed by atoms with E-state index in [1.54, 1.807) is 6.07 Å². The van der Waals surface area contributed by atoms with Crippen LogP contribution in [0.5, 0.6) is 11.5 Å². The summed E-state index contributed by atoms with van der Waals surface area (Å²) in [6.07, 6.45) is 0. The largest absolute Gasteiger partial charge is 0.486 e. The van der Waals surface area contributed by atoms with Gasteiger partial charge in [-0.3, -0.25) is 0 Å². The van der Waals surface area contributed by atoms with E-state index in [4.69, 9.17) is 20.5 Å². The molecule has 1 unspecified atom stereocenters. The fourth-order valence-electron chi connectivity index (χ4n) is 1.97. The average molecular weight is 247 g/mol. The highest BCUT2D eigenvalue weighted by atomic mass is 16.6. The van der Waals surface area contributed by atoms with Gasteiger partial charge in [-0.25, -0.2) is 0 Å². The van der Waals surface area contributed by atoms with Crippen LogP contribution in [0.3, 0.4) is 0 Å². The van der Waals surface area contributed by atoms with Crippen LogP contribution >= 0.6 is 0 Å². The number of fused-ring (bicyclic) bond motifs is 1. The van der Waals surface area contributed by atoms with Crippen molar-refractivity contribution in [2.75, 3.05) is 37.4 Å². The Labute approximate surface area is 107 Å². The molecule has 1 heterocycles. The molecule has 1 aliphatic rings. The zero-order valence-corrected chi connectivity index (χ0v) is 10.6. The topological polar surface area (TPSA) is 71.5 Å². The lowest BCUT2D eigenvalue weighted by Gasteiger charge is -2.25. The van der Waals surface area contributed by atoms with Gasteiger partial charge in [-0.15, -0.1) is 0 Å². The average Bonchev–Trinajstić information content (AvgIpc) is 2.37. The van der Waals surface area contributed by atoms with Crippen molar-refractivity contribution in [2.45, 2.75) is 6.92 Å². The van der Waals surface area contributed by atoms with Gasteiger partial charge in [-0.05, 0) is 6.92 Å². The number of nitrogens with two attached hydrogens (primary N) is 1. The molecule has 0 saturated carbocycles. The molecule has 0 amide bonds. The third-order valence-corrected chi connectivity index (χ3v) is 2.87. The van der Waals surface area contributed by atoms with Crippen LogP contribution in [-0.2, 0) is 0 Å². The normalized spacial score (nSPS) is 14.7. The molecule has 2 N–H and O–H groups in total. The van der Waals surface area contributed by atoms with Gasteiger partial charge in [0.1, 0.15) is 13.2 Å². The first-order valence-electron chi connectivity index (χ1n) is 5.91. The number of benzene rings is 1. The zero-order valence-electron chi connectivity index (χ0n) is 10.6. The Bertz CT molecular complexity index is 482. The van der Waals surface area contributed by atoms with Gasteiger partial charge in [-0.1, -0.05) is 0 Å². The first-order valence-corrected chi connectivity index (χ1v) is 5.91. The molecular weight excluding hydrogens is 230 g/mol. The summed E-state index contributed by atoms with van der Waals surface area (Å²) in [5.41, 5.74) is 7.50. The molecule has 2 rings (SSSR count). The van der Waals surface area contributed by atoms with Crippen molar-refractivity contribution in [3.63, 3.8) is 0 Å². The number of ether oxygens (including phenoxy) is 2. The predicted octanol–water partition coefficient (Wildman–Crippen LogP) is 1.64. The van der Waals surface area contributed by atoms with Crippen LogP contribution in [-0.4, -0.2) is 26.8 Å². The van der Waals surface area contributed by atoms with Crippen molar-refractivity contribution in [2.24, 2.45) is 5.92 Å². The molecule has 0 aliphatic carbocycles. The minimum atomic E-state index is -0.0531. The maximum Gasteiger partial charge on any atom is 0.163 e. The number of hydrogen-bond donors (Lipinski definition) is 1. The smallest absolute Gasteiger partial charge is 0.163 e. The molecule has 5 heteroatoms. The molecule has 1 aromatic carbocycles. The molecule has 0 saturated heterocycles. The van der Waals surface area contributed by atoms with E-state index in [0.717, 1.165) is 5.69 Å². The molecule has 1 aliphatic heterocycles. The van der Waals surface area contributed by atoms with Gasteiger partial charge in [0, 0.05) is 25.7 Å². The van der Waals surface area contributed by atoms with Crippen LogP contribution in [0.15, 0.2) is 12.1 Å². The number of nitrogens with zero attached hydrogens (tertiary/aromatic N) is 2. The second-order valence-electron chi connectivity index (χ2n) is 4.47. The second kappa shape index (κ2) is 5.05.